The number of benzene rings is 1. The fourth-order valence-corrected chi connectivity index (χ4v) is 2.09. The average molecular weight is 252 g/mol. The number of nitrogens with one attached hydrogen (secondary N) is 1. The van der Waals surface area contributed by atoms with Crippen molar-refractivity contribution in [3.05, 3.63) is 29.6 Å². The lowest BCUT2D eigenvalue weighted by Gasteiger charge is -2.17. The molecule has 0 radical (unpaired) electrons. The highest BCUT2D eigenvalue weighted by Crippen LogP contribution is 2.23. The summed E-state index contributed by atoms with van der Waals surface area (Å²) in [5.41, 5.74) is 0.802. The lowest BCUT2D eigenvalue weighted by molar-refractivity contribution is 0.630. The van der Waals surface area contributed by atoms with E-state index in [1.165, 1.54) is 6.07 Å². The average Bonchev–Trinajstić information content (AvgIpc) is 2.24. The van der Waals surface area contributed by atoms with Crippen LogP contribution in [0.2, 0.25) is 0 Å². The Kier molecular flexibility index (Phi) is 4.83. The minimum Gasteiger partial charge on any atom is -0.382 e. The SMILES string of the molecule is CC(C)(C)SCCNc1ccc(C#N)cc1F. The fourth-order valence-electron chi connectivity index (χ4n) is 1.27. The molecule has 1 rings (SSSR count). The predicted octanol–water partition coefficient (Wildman–Crippen LogP) is 3.64. The molecule has 17 heavy (non-hydrogen) atoms. The van der Waals surface area contributed by atoms with Crippen LogP contribution >= 0.6 is 11.8 Å². The number of halogens is 1. The fraction of sp³-hybridized carbons (Fsp3) is 0.462. The summed E-state index contributed by atoms with van der Waals surface area (Å²) in [6.45, 7) is 7.17. The van der Waals surface area contributed by atoms with Crippen LogP contribution in [0.4, 0.5) is 10.1 Å². The van der Waals surface area contributed by atoms with Gasteiger partial charge in [0.2, 0.25) is 0 Å². The lowest BCUT2D eigenvalue weighted by atomic mass is 10.2. The molecule has 1 aromatic rings. The zero-order valence-corrected chi connectivity index (χ0v) is 11.2. The van der Waals surface area contributed by atoms with Gasteiger partial charge >= 0.3 is 0 Å². The van der Waals surface area contributed by atoms with Crippen LogP contribution in [-0.2, 0) is 0 Å². The van der Waals surface area contributed by atoms with E-state index in [1.807, 2.05) is 17.8 Å². The summed E-state index contributed by atoms with van der Waals surface area (Å²) in [5.74, 6) is 0.549. The highest BCUT2D eigenvalue weighted by atomic mass is 32.2. The molecule has 0 unspecified atom stereocenters. The molecule has 0 aliphatic rings. The Morgan fingerprint density at radius 1 is 1.41 bits per heavy atom. The molecule has 0 bridgehead atoms. The summed E-state index contributed by atoms with van der Waals surface area (Å²) < 4.78 is 13.7. The van der Waals surface area contributed by atoms with Crippen LogP contribution < -0.4 is 5.32 Å². The molecule has 2 nitrogen and oxygen atoms in total. The quantitative estimate of drug-likeness (QED) is 0.831. The first-order valence-electron chi connectivity index (χ1n) is 5.50. The normalized spacial score (nSPS) is 11.0. The zero-order chi connectivity index (χ0) is 12.9. The summed E-state index contributed by atoms with van der Waals surface area (Å²) in [4.78, 5) is 0. The maximum Gasteiger partial charge on any atom is 0.147 e. The maximum atomic E-state index is 13.5. The number of anilines is 1. The summed E-state index contributed by atoms with van der Waals surface area (Å²) in [7, 11) is 0. The van der Waals surface area contributed by atoms with Gasteiger partial charge in [0, 0.05) is 17.0 Å². The van der Waals surface area contributed by atoms with Gasteiger partial charge in [-0.15, -0.1) is 0 Å². The van der Waals surface area contributed by atoms with Gasteiger partial charge in [-0.1, -0.05) is 20.8 Å². The molecule has 0 saturated heterocycles. The van der Waals surface area contributed by atoms with E-state index in [2.05, 4.69) is 26.1 Å². The van der Waals surface area contributed by atoms with Crippen molar-refractivity contribution in [2.24, 2.45) is 0 Å². The zero-order valence-electron chi connectivity index (χ0n) is 10.4. The molecule has 1 N–H and O–H groups in total. The van der Waals surface area contributed by atoms with Crippen LogP contribution in [0.3, 0.4) is 0 Å². The van der Waals surface area contributed by atoms with Gasteiger partial charge in [0.25, 0.3) is 0 Å². The van der Waals surface area contributed by atoms with E-state index in [-0.39, 0.29) is 10.6 Å². The number of nitriles is 1. The first kappa shape index (κ1) is 13.9. The van der Waals surface area contributed by atoms with E-state index in [0.717, 1.165) is 5.75 Å². The van der Waals surface area contributed by atoms with Crippen molar-refractivity contribution in [1.29, 1.82) is 5.26 Å². The molecule has 0 heterocycles. The van der Waals surface area contributed by atoms with Crippen molar-refractivity contribution in [3.8, 4) is 6.07 Å². The largest absolute Gasteiger partial charge is 0.382 e. The van der Waals surface area contributed by atoms with E-state index in [0.29, 0.717) is 17.8 Å². The second-order valence-electron chi connectivity index (χ2n) is 4.69. The molecule has 0 atom stereocenters. The standard InChI is InChI=1S/C13H17FN2S/c1-13(2,3)17-7-6-16-12-5-4-10(9-15)8-11(12)14/h4-5,8,16H,6-7H2,1-3H3. The smallest absolute Gasteiger partial charge is 0.147 e. The minimum absolute atomic E-state index is 0.227. The van der Waals surface area contributed by atoms with Crippen molar-refractivity contribution in [2.45, 2.75) is 25.5 Å². The van der Waals surface area contributed by atoms with Crippen molar-refractivity contribution in [1.82, 2.24) is 0 Å². The van der Waals surface area contributed by atoms with Crippen LogP contribution in [-0.4, -0.2) is 17.0 Å². The van der Waals surface area contributed by atoms with E-state index in [9.17, 15) is 4.39 Å². The van der Waals surface area contributed by atoms with Crippen molar-refractivity contribution >= 4 is 17.4 Å². The monoisotopic (exact) mass is 252 g/mol. The third kappa shape index (κ3) is 5.10. The molecule has 0 saturated carbocycles. The topological polar surface area (TPSA) is 35.8 Å². The van der Waals surface area contributed by atoms with Crippen molar-refractivity contribution < 1.29 is 4.39 Å². The Hall–Kier alpha value is -1.21. The molecular formula is C13H17FN2S. The summed E-state index contributed by atoms with van der Waals surface area (Å²) >= 11 is 1.83. The molecule has 0 amide bonds. The van der Waals surface area contributed by atoms with Crippen molar-refractivity contribution in [3.63, 3.8) is 0 Å². The number of rotatable bonds is 4. The molecule has 0 fully saturated rings. The Morgan fingerprint density at radius 3 is 2.65 bits per heavy atom. The highest BCUT2D eigenvalue weighted by Gasteiger charge is 2.09. The van der Waals surface area contributed by atoms with E-state index < -0.39 is 0 Å². The molecule has 0 aliphatic carbocycles. The Bertz CT molecular complexity index is 418. The van der Waals surface area contributed by atoms with Gasteiger partial charge < -0.3 is 5.32 Å². The highest BCUT2D eigenvalue weighted by molar-refractivity contribution is 8.00. The first-order valence-corrected chi connectivity index (χ1v) is 6.48. The molecular weight excluding hydrogens is 235 g/mol. The van der Waals surface area contributed by atoms with Gasteiger partial charge in [-0.25, -0.2) is 4.39 Å². The Labute approximate surface area is 106 Å². The predicted molar refractivity (Wildman–Crippen MR) is 71.8 cm³/mol. The Morgan fingerprint density at radius 2 is 2.12 bits per heavy atom. The van der Waals surface area contributed by atoms with Crippen molar-refractivity contribution in [2.75, 3.05) is 17.6 Å². The van der Waals surface area contributed by atoms with Gasteiger partial charge in [-0.3, -0.25) is 0 Å². The minimum atomic E-state index is -0.371. The number of hydrogen-bond acceptors (Lipinski definition) is 3. The number of thioether (sulfide) groups is 1. The lowest BCUT2D eigenvalue weighted by Crippen LogP contribution is -2.13. The molecule has 92 valence electrons. The number of hydrogen-bond donors (Lipinski definition) is 1. The third-order valence-corrected chi connectivity index (χ3v) is 3.33. The van der Waals surface area contributed by atoms with Gasteiger partial charge in [-0.2, -0.15) is 17.0 Å². The van der Waals surface area contributed by atoms with Gasteiger partial charge in [-0.05, 0) is 18.2 Å². The molecule has 1 aromatic carbocycles. The third-order valence-electron chi connectivity index (χ3n) is 2.05. The first-order chi connectivity index (χ1) is 7.92. The van der Waals surface area contributed by atoms with E-state index in [4.69, 9.17) is 5.26 Å². The molecule has 0 aromatic heterocycles. The van der Waals surface area contributed by atoms with Crippen LogP contribution in [0.25, 0.3) is 0 Å². The van der Waals surface area contributed by atoms with Crippen LogP contribution in [0.1, 0.15) is 26.3 Å². The Balaban J connectivity index is 2.45. The van der Waals surface area contributed by atoms with E-state index >= 15 is 0 Å². The van der Waals surface area contributed by atoms with Crippen LogP contribution in [0.5, 0.6) is 0 Å². The summed E-state index contributed by atoms with van der Waals surface area (Å²) in [6, 6.07) is 6.38. The summed E-state index contributed by atoms with van der Waals surface area (Å²) in [6.07, 6.45) is 0. The second kappa shape index (κ2) is 5.92. The van der Waals surface area contributed by atoms with Crippen LogP contribution in [0.15, 0.2) is 18.2 Å². The number of nitrogens with zero attached hydrogens (tertiary/aromatic N) is 1. The molecule has 4 heteroatoms. The van der Waals surface area contributed by atoms with Gasteiger partial charge in [0.15, 0.2) is 0 Å². The molecule has 0 spiro atoms. The van der Waals surface area contributed by atoms with E-state index in [1.54, 1.807) is 12.1 Å². The molecule has 0 aliphatic heterocycles. The maximum absolute atomic E-state index is 13.5. The van der Waals surface area contributed by atoms with Gasteiger partial charge in [0.1, 0.15) is 5.82 Å². The van der Waals surface area contributed by atoms with Gasteiger partial charge in [0.05, 0.1) is 17.3 Å². The van der Waals surface area contributed by atoms with Crippen LogP contribution in [0, 0.1) is 17.1 Å². The summed E-state index contributed by atoms with van der Waals surface area (Å²) in [5, 5.41) is 11.6. The second-order valence-corrected chi connectivity index (χ2v) is 6.62.